The Kier molecular flexibility index (Phi) is 7.61. The van der Waals surface area contributed by atoms with Crippen LogP contribution in [0.25, 0.3) is 0 Å². The molecule has 0 aromatic carbocycles. The van der Waals surface area contributed by atoms with Crippen LogP contribution < -0.4 is 11.1 Å². The van der Waals surface area contributed by atoms with Crippen molar-refractivity contribution in [1.29, 1.82) is 0 Å². The smallest absolute Gasteiger partial charge is 0.0566 e. The number of likely N-dealkylation sites (tertiary alicyclic amines) is 1. The van der Waals surface area contributed by atoms with E-state index < -0.39 is 0 Å². The zero-order valence-electron chi connectivity index (χ0n) is 14.6. The van der Waals surface area contributed by atoms with Gasteiger partial charge in [0.15, 0.2) is 0 Å². The van der Waals surface area contributed by atoms with Crippen molar-refractivity contribution in [1.82, 2.24) is 10.2 Å². The fourth-order valence-corrected chi connectivity index (χ4v) is 4.15. The molecule has 4 N–H and O–H groups in total. The van der Waals surface area contributed by atoms with E-state index in [9.17, 15) is 5.11 Å². The maximum Gasteiger partial charge on any atom is 0.0566 e. The second-order valence-electron chi connectivity index (χ2n) is 7.95. The molecule has 0 aromatic rings. The monoisotopic (exact) mass is 311 g/mol. The quantitative estimate of drug-likeness (QED) is 0.640. The highest BCUT2D eigenvalue weighted by Gasteiger charge is 2.29. The van der Waals surface area contributed by atoms with Crippen LogP contribution in [0.5, 0.6) is 0 Å². The van der Waals surface area contributed by atoms with Crippen molar-refractivity contribution in [3.8, 4) is 0 Å². The van der Waals surface area contributed by atoms with Crippen LogP contribution in [0.3, 0.4) is 0 Å². The van der Waals surface area contributed by atoms with Gasteiger partial charge in [-0.15, -0.1) is 0 Å². The minimum atomic E-state index is -0.168. The van der Waals surface area contributed by atoms with Gasteiger partial charge in [-0.3, -0.25) is 0 Å². The lowest BCUT2D eigenvalue weighted by atomic mass is 9.86. The third-order valence-corrected chi connectivity index (χ3v) is 5.57. The van der Waals surface area contributed by atoms with E-state index >= 15 is 0 Å². The number of nitrogens with two attached hydrogens (primary N) is 1. The van der Waals surface area contributed by atoms with E-state index in [0.29, 0.717) is 17.9 Å². The van der Waals surface area contributed by atoms with E-state index in [2.05, 4.69) is 24.1 Å². The van der Waals surface area contributed by atoms with Gasteiger partial charge in [0.2, 0.25) is 0 Å². The van der Waals surface area contributed by atoms with Crippen molar-refractivity contribution in [3.63, 3.8) is 0 Å². The van der Waals surface area contributed by atoms with Gasteiger partial charge in [0.1, 0.15) is 0 Å². The van der Waals surface area contributed by atoms with Gasteiger partial charge in [-0.2, -0.15) is 0 Å². The second-order valence-corrected chi connectivity index (χ2v) is 7.95. The summed E-state index contributed by atoms with van der Waals surface area (Å²) in [6.07, 6.45) is 7.61. The van der Waals surface area contributed by atoms with Crippen LogP contribution in [0, 0.1) is 17.8 Å². The Morgan fingerprint density at radius 2 is 1.91 bits per heavy atom. The van der Waals surface area contributed by atoms with Crippen LogP contribution in [0.1, 0.15) is 52.4 Å². The predicted octanol–water partition coefficient (Wildman–Crippen LogP) is 1.82. The van der Waals surface area contributed by atoms with Gasteiger partial charge in [-0.25, -0.2) is 0 Å². The maximum atomic E-state index is 10.2. The van der Waals surface area contributed by atoms with Gasteiger partial charge in [0.25, 0.3) is 0 Å². The number of rotatable bonds is 8. The minimum absolute atomic E-state index is 0.168. The SMILES string of the molecule is CC(C)C(O)CC1CC(NCC2CCCC2)CN(CCN)C1. The number of nitrogens with one attached hydrogen (secondary N) is 1. The summed E-state index contributed by atoms with van der Waals surface area (Å²) in [6, 6.07) is 0.574. The van der Waals surface area contributed by atoms with E-state index in [1.807, 2.05) is 0 Å². The maximum absolute atomic E-state index is 10.2. The van der Waals surface area contributed by atoms with Gasteiger partial charge in [-0.05, 0) is 50.0 Å². The highest BCUT2D eigenvalue weighted by atomic mass is 16.3. The van der Waals surface area contributed by atoms with E-state index in [-0.39, 0.29) is 6.10 Å². The lowest BCUT2D eigenvalue weighted by molar-refractivity contribution is 0.0620. The highest BCUT2D eigenvalue weighted by Crippen LogP contribution is 2.26. The normalized spacial score (nSPS) is 29.3. The number of nitrogens with zero attached hydrogens (tertiary/aromatic N) is 1. The summed E-state index contributed by atoms with van der Waals surface area (Å²) in [6.45, 7) is 9.34. The van der Waals surface area contributed by atoms with Crippen molar-refractivity contribution in [2.45, 2.75) is 64.5 Å². The number of hydrogen-bond acceptors (Lipinski definition) is 4. The lowest BCUT2D eigenvalue weighted by Crippen LogP contribution is -2.51. The summed E-state index contributed by atoms with van der Waals surface area (Å²) < 4.78 is 0. The first-order valence-electron chi connectivity index (χ1n) is 9.42. The molecular formula is C18H37N3O. The molecule has 1 aliphatic carbocycles. The number of aliphatic hydroxyl groups is 1. The molecule has 4 nitrogen and oxygen atoms in total. The molecule has 0 radical (unpaired) electrons. The molecule has 0 amide bonds. The van der Waals surface area contributed by atoms with Crippen molar-refractivity contribution >= 4 is 0 Å². The van der Waals surface area contributed by atoms with Crippen molar-refractivity contribution in [2.75, 3.05) is 32.7 Å². The fourth-order valence-electron chi connectivity index (χ4n) is 4.15. The molecule has 0 spiro atoms. The van der Waals surface area contributed by atoms with Gasteiger partial charge >= 0.3 is 0 Å². The first kappa shape index (κ1) is 18.2. The Balaban J connectivity index is 1.82. The molecule has 3 atom stereocenters. The molecule has 2 fully saturated rings. The van der Waals surface area contributed by atoms with Crippen molar-refractivity contribution in [2.24, 2.45) is 23.5 Å². The molecule has 1 saturated carbocycles. The van der Waals surface area contributed by atoms with Gasteiger partial charge in [-0.1, -0.05) is 26.7 Å². The molecule has 1 saturated heterocycles. The molecule has 2 aliphatic rings. The standard InChI is InChI=1S/C18H37N3O/c1-14(2)18(22)10-16-9-17(13-21(12-16)8-7-19)20-11-15-5-3-4-6-15/h14-18,20,22H,3-13,19H2,1-2H3. The van der Waals surface area contributed by atoms with E-state index in [1.165, 1.54) is 38.6 Å². The molecule has 3 unspecified atom stereocenters. The molecule has 0 bridgehead atoms. The van der Waals surface area contributed by atoms with Gasteiger partial charge in [0.05, 0.1) is 6.10 Å². The molecule has 22 heavy (non-hydrogen) atoms. The van der Waals surface area contributed by atoms with Crippen LogP contribution in [-0.2, 0) is 0 Å². The number of aliphatic hydroxyl groups excluding tert-OH is 1. The lowest BCUT2D eigenvalue weighted by Gasteiger charge is -2.39. The summed E-state index contributed by atoms with van der Waals surface area (Å²) in [7, 11) is 0. The molecule has 1 aliphatic heterocycles. The highest BCUT2D eigenvalue weighted by molar-refractivity contribution is 4.86. The Morgan fingerprint density at radius 3 is 2.55 bits per heavy atom. The van der Waals surface area contributed by atoms with E-state index in [1.54, 1.807) is 0 Å². The number of piperidine rings is 1. The van der Waals surface area contributed by atoms with E-state index in [0.717, 1.165) is 38.5 Å². The second kappa shape index (κ2) is 9.21. The average Bonchev–Trinajstić information content (AvgIpc) is 2.98. The van der Waals surface area contributed by atoms with Gasteiger partial charge in [0, 0.05) is 32.2 Å². The molecule has 1 heterocycles. The van der Waals surface area contributed by atoms with Crippen LogP contribution >= 0.6 is 0 Å². The Hall–Kier alpha value is -0.160. The van der Waals surface area contributed by atoms with Crippen LogP contribution in [0.15, 0.2) is 0 Å². The molecule has 4 heteroatoms. The van der Waals surface area contributed by atoms with Crippen LogP contribution in [-0.4, -0.2) is 54.9 Å². The summed E-state index contributed by atoms with van der Waals surface area (Å²) >= 11 is 0. The molecular weight excluding hydrogens is 274 g/mol. The minimum Gasteiger partial charge on any atom is -0.393 e. The predicted molar refractivity (Wildman–Crippen MR) is 92.8 cm³/mol. The van der Waals surface area contributed by atoms with Crippen molar-refractivity contribution < 1.29 is 5.11 Å². The largest absolute Gasteiger partial charge is 0.393 e. The van der Waals surface area contributed by atoms with Gasteiger partial charge < -0.3 is 21.1 Å². The van der Waals surface area contributed by atoms with Crippen molar-refractivity contribution in [3.05, 3.63) is 0 Å². The van der Waals surface area contributed by atoms with E-state index in [4.69, 9.17) is 5.73 Å². The summed E-state index contributed by atoms with van der Waals surface area (Å²) in [5, 5.41) is 14.0. The third-order valence-electron chi connectivity index (χ3n) is 5.57. The molecule has 0 aromatic heterocycles. The molecule has 130 valence electrons. The molecule has 2 rings (SSSR count). The Bertz CT molecular complexity index is 305. The Labute approximate surface area is 136 Å². The fraction of sp³-hybridized carbons (Fsp3) is 1.00. The topological polar surface area (TPSA) is 61.5 Å². The summed E-state index contributed by atoms with van der Waals surface area (Å²) in [4.78, 5) is 2.49. The zero-order valence-corrected chi connectivity index (χ0v) is 14.6. The first-order chi connectivity index (χ1) is 10.6. The average molecular weight is 312 g/mol. The van der Waals surface area contributed by atoms with Crippen LogP contribution in [0.2, 0.25) is 0 Å². The summed E-state index contributed by atoms with van der Waals surface area (Å²) in [5.41, 5.74) is 5.76. The zero-order chi connectivity index (χ0) is 15.9. The Morgan fingerprint density at radius 1 is 1.18 bits per heavy atom. The van der Waals surface area contributed by atoms with Crippen LogP contribution in [0.4, 0.5) is 0 Å². The third kappa shape index (κ3) is 5.80. The summed E-state index contributed by atoms with van der Waals surface area (Å²) in [5.74, 6) is 1.85. The first-order valence-corrected chi connectivity index (χ1v) is 9.42. The number of hydrogen-bond donors (Lipinski definition) is 3.